The fourth-order valence-electron chi connectivity index (χ4n) is 0.984. The molecule has 2 N–H and O–H groups in total. The van der Waals surface area contributed by atoms with Crippen LogP contribution in [0.25, 0.3) is 0 Å². The number of carbonyl (C=O) groups excluding carboxylic acids is 1. The first-order chi connectivity index (χ1) is 6.02. The highest BCUT2D eigenvalue weighted by molar-refractivity contribution is 5.93. The minimum atomic E-state index is -0.540. The Morgan fingerprint density at radius 3 is 2.62 bits per heavy atom. The number of hydrogen-bond donors (Lipinski definition) is 1. The second-order valence-electron chi connectivity index (χ2n) is 2.90. The Balaban J connectivity index is 3.09. The van der Waals surface area contributed by atoms with Gasteiger partial charge >= 0.3 is 0 Å². The standard InChI is InChI=1S/C9H11FN2O/c1-6-3-4-7(8(10)5-6)9(13)12(2)11/h3-5H,11H2,1-2H3. The van der Waals surface area contributed by atoms with Gasteiger partial charge in [-0.25, -0.2) is 10.2 Å². The maximum Gasteiger partial charge on any atom is 0.270 e. The van der Waals surface area contributed by atoms with E-state index in [1.807, 2.05) is 0 Å². The van der Waals surface area contributed by atoms with Crippen LogP contribution in [-0.2, 0) is 0 Å². The number of benzene rings is 1. The summed E-state index contributed by atoms with van der Waals surface area (Å²) in [5.41, 5.74) is 0.768. The lowest BCUT2D eigenvalue weighted by atomic mass is 10.1. The molecule has 0 spiro atoms. The van der Waals surface area contributed by atoms with Crippen molar-refractivity contribution >= 4 is 5.91 Å². The smallest absolute Gasteiger partial charge is 0.270 e. The molecule has 0 radical (unpaired) electrons. The summed E-state index contributed by atoms with van der Waals surface area (Å²) in [7, 11) is 1.38. The molecule has 0 aliphatic heterocycles. The Labute approximate surface area is 75.9 Å². The summed E-state index contributed by atoms with van der Waals surface area (Å²) >= 11 is 0. The zero-order valence-electron chi connectivity index (χ0n) is 7.54. The predicted molar refractivity (Wildman–Crippen MR) is 47.4 cm³/mol. The van der Waals surface area contributed by atoms with Gasteiger partial charge in [0, 0.05) is 7.05 Å². The number of nitrogens with zero attached hydrogens (tertiary/aromatic N) is 1. The van der Waals surface area contributed by atoms with E-state index < -0.39 is 11.7 Å². The van der Waals surface area contributed by atoms with Gasteiger partial charge in [0.2, 0.25) is 0 Å². The maximum absolute atomic E-state index is 13.2. The summed E-state index contributed by atoms with van der Waals surface area (Å²) in [6.45, 7) is 1.75. The average molecular weight is 182 g/mol. The van der Waals surface area contributed by atoms with Crippen molar-refractivity contribution in [1.29, 1.82) is 0 Å². The van der Waals surface area contributed by atoms with E-state index >= 15 is 0 Å². The first-order valence-electron chi connectivity index (χ1n) is 3.81. The highest BCUT2D eigenvalue weighted by Crippen LogP contribution is 2.10. The van der Waals surface area contributed by atoms with Crippen LogP contribution >= 0.6 is 0 Å². The molecule has 70 valence electrons. The lowest BCUT2D eigenvalue weighted by Gasteiger charge is -2.10. The van der Waals surface area contributed by atoms with Crippen molar-refractivity contribution in [2.24, 2.45) is 5.84 Å². The average Bonchev–Trinajstić information content (AvgIpc) is 2.03. The maximum atomic E-state index is 13.2. The molecule has 0 unspecified atom stereocenters. The van der Waals surface area contributed by atoms with Crippen molar-refractivity contribution in [2.45, 2.75) is 6.92 Å². The molecule has 0 aliphatic carbocycles. The van der Waals surface area contributed by atoms with E-state index in [4.69, 9.17) is 5.84 Å². The summed E-state index contributed by atoms with van der Waals surface area (Å²) in [5, 5.41) is 0.855. The molecule has 1 amide bonds. The molecular formula is C9H11FN2O. The highest BCUT2D eigenvalue weighted by Gasteiger charge is 2.13. The number of rotatable bonds is 1. The summed E-state index contributed by atoms with van der Waals surface area (Å²) in [5.74, 6) is 4.12. The lowest BCUT2D eigenvalue weighted by Crippen LogP contribution is -2.33. The summed E-state index contributed by atoms with van der Waals surface area (Å²) in [6, 6.07) is 4.40. The molecule has 0 aliphatic rings. The quantitative estimate of drug-likeness (QED) is 0.401. The Morgan fingerprint density at radius 2 is 2.15 bits per heavy atom. The van der Waals surface area contributed by atoms with Gasteiger partial charge in [-0.15, -0.1) is 0 Å². The van der Waals surface area contributed by atoms with E-state index in [-0.39, 0.29) is 5.56 Å². The summed E-state index contributed by atoms with van der Waals surface area (Å²) in [6.07, 6.45) is 0. The van der Waals surface area contributed by atoms with Gasteiger partial charge in [-0.1, -0.05) is 6.07 Å². The van der Waals surface area contributed by atoms with Crippen molar-refractivity contribution in [1.82, 2.24) is 5.01 Å². The minimum Gasteiger partial charge on any atom is -0.280 e. The van der Waals surface area contributed by atoms with E-state index in [0.717, 1.165) is 10.6 Å². The van der Waals surface area contributed by atoms with Gasteiger partial charge < -0.3 is 0 Å². The number of carbonyl (C=O) groups is 1. The van der Waals surface area contributed by atoms with Gasteiger partial charge in [0.25, 0.3) is 5.91 Å². The molecule has 1 aromatic carbocycles. The summed E-state index contributed by atoms with van der Waals surface area (Å²) < 4.78 is 13.2. The number of halogens is 1. The van der Waals surface area contributed by atoms with Crippen LogP contribution in [0.1, 0.15) is 15.9 Å². The monoisotopic (exact) mass is 182 g/mol. The van der Waals surface area contributed by atoms with Crippen LogP contribution in [0.3, 0.4) is 0 Å². The first kappa shape index (κ1) is 9.67. The SMILES string of the molecule is Cc1ccc(C(=O)N(C)N)c(F)c1. The molecule has 0 atom stereocenters. The molecule has 0 fully saturated rings. The Kier molecular flexibility index (Phi) is 2.63. The molecule has 13 heavy (non-hydrogen) atoms. The molecular weight excluding hydrogens is 171 g/mol. The molecule has 0 saturated carbocycles. The second-order valence-corrected chi connectivity index (χ2v) is 2.90. The van der Waals surface area contributed by atoms with E-state index in [1.54, 1.807) is 13.0 Å². The van der Waals surface area contributed by atoms with Crippen LogP contribution in [0, 0.1) is 12.7 Å². The van der Waals surface area contributed by atoms with Crippen LogP contribution in [-0.4, -0.2) is 18.0 Å². The van der Waals surface area contributed by atoms with Crippen molar-refractivity contribution in [3.63, 3.8) is 0 Å². The Hall–Kier alpha value is -1.42. The molecule has 0 heterocycles. The number of hydrazine groups is 1. The van der Waals surface area contributed by atoms with Gasteiger partial charge in [0.05, 0.1) is 5.56 Å². The first-order valence-corrected chi connectivity index (χ1v) is 3.81. The van der Waals surface area contributed by atoms with Crippen LogP contribution in [0.5, 0.6) is 0 Å². The fourth-order valence-corrected chi connectivity index (χ4v) is 0.984. The van der Waals surface area contributed by atoms with Gasteiger partial charge in [-0.3, -0.25) is 9.80 Å². The molecule has 1 aromatic rings. The third-order valence-corrected chi connectivity index (χ3v) is 1.68. The van der Waals surface area contributed by atoms with Crippen molar-refractivity contribution in [3.8, 4) is 0 Å². The van der Waals surface area contributed by atoms with Crippen molar-refractivity contribution in [2.75, 3.05) is 7.05 Å². The van der Waals surface area contributed by atoms with Crippen LogP contribution in [0.2, 0.25) is 0 Å². The van der Waals surface area contributed by atoms with Crippen molar-refractivity contribution < 1.29 is 9.18 Å². The third kappa shape index (κ3) is 2.03. The van der Waals surface area contributed by atoms with Gasteiger partial charge in [0.1, 0.15) is 5.82 Å². The van der Waals surface area contributed by atoms with E-state index in [0.29, 0.717) is 0 Å². The van der Waals surface area contributed by atoms with Gasteiger partial charge in [-0.2, -0.15) is 0 Å². The normalized spacial score (nSPS) is 9.85. The molecule has 0 bridgehead atoms. The van der Waals surface area contributed by atoms with Gasteiger partial charge in [0.15, 0.2) is 0 Å². The topological polar surface area (TPSA) is 46.3 Å². The van der Waals surface area contributed by atoms with Gasteiger partial charge in [-0.05, 0) is 24.6 Å². The van der Waals surface area contributed by atoms with Crippen LogP contribution in [0.15, 0.2) is 18.2 Å². The number of amides is 1. The summed E-state index contributed by atoms with van der Waals surface area (Å²) in [4.78, 5) is 11.2. The molecule has 3 nitrogen and oxygen atoms in total. The van der Waals surface area contributed by atoms with E-state index in [9.17, 15) is 9.18 Å². The van der Waals surface area contributed by atoms with Crippen LogP contribution < -0.4 is 5.84 Å². The van der Waals surface area contributed by atoms with E-state index in [1.165, 1.54) is 19.2 Å². The zero-order valence-corrected chi connectivity index (χ0v) is 7.54. The fraction of sp³-hybridized carbons (Fsp3) is 0.222. The Bertz CT molecular complexity index is 336. The zero-order chi connectivity index (χ0) is 10.0. The Morgan fingerprint density at radius 1 is 1.54 bits per heavy atom. The number of nitrogens with two attached hydrogens (primary N) is 1. The minimum absolute atomic E-state index is 0.00407. The van der Waals surface area contributed by atoms with Crippen LogP contribution in [0.4, 0.5) is 4.39 Å². The predicted octanol–water partition coefficient (Wildman–Crippen LogP) is 1.08. The molecule has 0 saturated heterocycles. The number of hydrogen-bond acceptors (Lipinski definition) is 2. The second kappa shape index (κ2) is 3.53. The number of aryl methyl sites for hydroxylation is 1. The molecule has 1 rings (SSSR count). The lowest BCUT2D eigenvalue weighted by molar-refractivity contribution is 0.0790. The van der Waals surface area contributed by atoms with E-state index in [2.05, 4.69) is 0 Å². The largest absolute Gasteiger partial charge is 0.280 e. The van der Waals surface area contributed by atoms with Crippen molar-refractivity contribution in [3.05, 3.63) is 35.1 Å². The third-order valence-electron chi connectivity index (χ3n) is 1.68. The molecule has 0 aromatic heterocycles. The highest BCUT2D eigenvalue weighted by atomic mass is 19.1. The molecule has 4 heteroatoms.